The van der Waals surface area contributed by atoms with E-state index in [0.717, 1.165) is 22.4 Å². The molecule has 3 heteroatoms. The number of aliphatic hydroxyl groups excluding tert-OH is 1. The lowest BCUT2D eigenvalue weighted by Gasteiger charge is -2.06. The highest BCUT2D eigenvalue weighted by atomic mass is 16.3. The number of nitrogen functional groups attached to an aromatic ring is 1. The Morgan fingerprint density at radius 3 is 2.21 bits per heavy atom. The Kier molecular flexibility index (Phi) is 3.28. The number of hydrogen-bond acceptors (Lipinski definition) is 3. The molecule has 0 heterocycles. The molecule has 0 spiro atoms. The quantitative estimate of drug-likeness (QED) is 0.486. The smallest absolute Gasteiger partial charge is 0.121 e. The molecule has 0 aromatic heterocycles. The molecule has 0 radical (unpaired) electrons. The van der Waals surface area contributed by atoms with Crippen molar-refractivity contribution in [1.29, 1.82) is 0 Å². The predicted molar refractivity (Wildman–Crippen MR) is 59.6 cm³/mol. The molecule has 1 aromatic rings. The van der Waals surface area contributed by atoms with E-state index in [1.54, 1.807) is 6.08 Å². The lowest BCUT2D eigenvalue weighted by atomic mass is 10.0. The van der Waals surface area contributed by atoms with E-state index in [0.29, 0.717) is 0 Å². The van der Waals surface area contributed by atoms with Crippen molar-refractivity contribution in [2.45, 2.75) is 20.1 Å². The minimum atomic E-state index is -0.909. The third-order valence-electron chi connectivity index (χ3n) is 2.10. The van der Waals surface area contributed by atoms with E-state index in [1.807, 2.05) is 26.0 Å². The summed E-state index contributed by atoms with van der Waals surface area (Å²) in [6.07, 6.45) is 2.40. The fraction of sp³-hybridized carbons (Fsp3) is 0.273. The molecule has 0 aliphatic rings. The summed E-state index contributed by atoms with van der Waals surface area (Å²) in [4.78, 5) is 0. The average molecular weight is 192 g/mol. The first-order valence-electron chi connectivity index (χ1n) is 4.49. The Morgan fingerprint density at radius 1 is 1.29 bits per heavy atom. The minimum absolute atomic E-state index is 0.815. The van der Waals surface area contributed by atoms with Crippen molar-refractivity contribution in [3.8, 4) is 0 Å². The largest absolute Gasteiger partial charge is 0.398 e. The lowest BCUT2D eigenvalue weighted by molar-refractivity contribution is 0.232. The van der Waals surface area contributed by atoms with Crippen molar-refractivity contribution in [2.75, 3.05) is 5.73 Å². The Balaban J connectivity index is 3.01. The molecule has 0 fully saturated rings. The van der Waals surface area contributed by atoms with Gasteiger partial charge in [0, 0.05) is 5.69 Å². The first kappa shape index (κ1) is 10.8. The van der Waals surface area contributed by atoms with E-state index in [-0.39, 0.29) is 0 Å². The molecular formula is C11H16N2O. The summed E-state index contributed by atoms with van der Waals surface area (Å²) in [7, 11) is 0. The highest BCUT2D eigenvalue weighted by Gasteiger charge is 1.99. The molecular weight excluding hydrogens is 176 g/mol. The third kappa shape index (κ3) is 2.58. The van der Waals surface area contributed by atoms with Crippen LogP contribution < -0.4 is 11.5 Å². The lowest BCUT2D eigenvalue weighted by Crippen LogP contribution is -2.14. The van der Waals surface area contributed by atoms with Gasteiger partial charge in [-0.25, -0.2) is 0 Å². The number of rotatable bonds is 2. The molecule has 0 bridgehead atoms. The predicted octanol–water partition coefficient (Wildman–Crippen LogP) is 1.18. The van der Waals surface area contributed by atoms with Crippen LogP contribution in [0.25, 0.3) is 6.08 Å². The zero-order valence-electron chi connectivity index (χ0n) is 8.49. The van der Waals surface area contributed by atoms with Gasteiger partial charge in [-0.15, -0.1) is 0 Å². The maximum atomic E-state index is 8.87. The second kappa shape index (κ2) is 4.26. The second-order valence-corrected chi connectivity index (χ2v) is 3.42. The first-order valence-corrected chi connectivity index (χ1v) is 4.49. The Labute approximate surface area is 84.0 Å². The Morgan fingerprint density at radius 2 is 1.79 bits per heavy atom. The summed E-state index contributed by atoms with van der Waals surface area (Å²) >= 11 is 0. The number of aryl methyl sites for hydroxylation is 2. The van der Waals surface area contributed by atoms with Crippen LogP contribution in [0, 0.1) is 13.8 Å². The van der Waals surface area contributed by atoms with Crippen LogP contribution >= 0.6 is 0 Å². The normalized spacial score (nSPS) is 13.4. The van der Waals surface area contributed by atoms with Crippen molar-refractivity contribution in [3.05, 3.63) is 34.9 Å². The van der Waals surface area contributed by atoms with Gasteiger partial charge in [0.2, 0.25) is 0 Å². The number of hydrogen-bond donors (Lipinski definition) is 3. The van der Waals surface area contributed by atoms with E-state index in [4.69, 9.17) is 16.6 Å². The van der Waals surface area contributed by atoms with Gasteiger partial charge in [0.05, 0.1) is 0 Å². The SMILES string of the molecule is Cc1cc(/C=C\[C@H](N)O)cc(C)c1N. The van der Waals surface area contributed by atoms with Gasteiger partial charge in [-0.05, 0) is 48.7 Å². The Bertz CT molecular complexity index is 333. The van der Waals surface area contributed by atoms with Crippen LogP contribution in [-0.2, 0) is 0 Å². The standard InChI is InChI=1S/C11H16N2O/c1-7-5-9(3-4-10(12)14)6-8(2)11(7)13/h3-6,10,14H,12-13H2,1-2H3/b4-3-/t10-/m1/s1. The second-order valence-electron chi connectivity index (χ2n) is 3.42. The molecule has 0 saturated heterocycles. The molecule has 1 aromatic carbocycles. The molecule has 1 atom stereocenters. The molecule has 3 nitrogen and oxygen atoms in total. The zero-order valence-corrected chi connectivity index (χ0v) is 8.49. The molecule has 0 aliphatic carbocycles. The van der Waals surface area contributed by atoms with E-state index in [1.165, 1.54) is 6.08 Å². The van der Waals surface area contributed by atoms with Crippen LogP contribution in [-0.4, -0.2) is 11.3 Å². The first-order chi connectivity index (χ1) is 6.50. The summed E-state index contributed by atoms with van der Waals surface area (Å²) in [5.41, 5.74) is 14.9. The monoisotopic (exact) mass is 192 g/mol. The number of aliphatic hydroxyl groups is 1. The molecule has 76 valence electrons. The average Bonchev–Trinajstić information content (AvgIpc) is 2.10. The summed E-state index contributed by atoms with van der Waals surface area (Å²) in [5.74, 6) is 0. The Hall–Kier alpha value is -1.32. The molecule has 0 aliphatic heterocycles. The summed E-state index contributed by atoms with van der Waals surface area (Å²) < 4.78 is 0. The van der Waals surface area contributed by atoms with Gasteiger partial charge < -0.3 is 16.6 Å². The highest BCUT2D eigenvalue weighted by molar-refractivity contribution is 5.61. The van der Waals surface area contributed by atoms with Gasteiger partial charge in [-0.3, -0.25) is 0 Å². The van der Waals surface area contributed by atoms with Gasteiger partial charge in [0.25, 0.3) is 0 Å². The van der Waals surface area contributed by atoms with Crippen LogP contribution in [0.5, 0.6) is 0 Å². The number of anilines is 1. The summed E-state index contributed by atoms with van der Waals surface area (Å²) in [5, 5.41) is 8.87. The van der Waals surface area contributed by atoms with Gasteiger partial charge >= 0.3 is 0 Å². The van der Waals surface area contributed by atoms with Gasteiger partial charge in [0.1, 0.15) is 6.23 Å². The summed E-state index contributed by atoms with van der Waals surface area (Å²) in [6.45, 7) is 3.91. The maximum Gasteiger partial charge on any atom is 0.121 e. The van der Waals surface area contributed by atoms with Crippen molar-refractivity contribution in [2.24, 2.45) is 5.73 Å². The number of nitrogens with two attached hydrogens (primary N) is 2. The van der Waals surface area contributed by atoms with Crippen LogP contribution in [0.4, 0.5) is 5.69 Å². The van der Waals surface area contributed by atoms with Crippen LogP contribution in [0.15, 0.2) is 18.2 Å². The van der Waals surface area contributed by atoms with E-state index in [9.17, 15) is 0 Å². The van der Waals surface area contributed by atoms with E-state index in [2.05, 4.69) is 0 Å². The third-order valence-corrected chi connectivity index (χ3v) is 2.10. The molecule has 14 heavy (non-hydrogen) atoms. The van der Waals surface area contributed by atoms with Crippen molar-refractivity contribution < 1.29 is 5.11 Å². The molecule has 1 rings (SSSR count). The van der Waals surface area contributed by atoms with Crippen LogP contribution in [0.2, 0.25) is 0 Å². The van der Waals surface area contributed by atoms with Crippen LogP contribution in [0.3, 0.4) is 0 Å². The molecule has 0 saturated carbocycles. The topological polar surface area (TPSA) is 72.3 Å². The molecule has 0 amide bonds. The zero-order chi connectivity index (χ0) is 10.7. The molecule has 0 unspecified atom stereocenters. The van der Waals surface area contributed by atoms with Crippen molar-refractivity contribution in [3.63, 3.8) is 0 Å². The summed E-state index contributed by atoms with van der Waals surface area (Å²) in [6, 6.07) is 3.92. The minimum Gasteiger partial charge on any atom is -0.398 e. The van der Waals surface area contributed by atoms with Crippen molar-refractivity contribution >= 4 is 11.8 Å². The maximum absolute atomic E-state index is 8.87. The van der Waals surface area contributed by atoms with Gasteiger partial charge in [-0.2, -0.15) is 0 Å². The van der Waals surface area contributed by atoms with Crippen LogP contribution in [0.1, 0.15) is 16.7 Å². The van der Waals surface area contributed by atoms with Gasteiger partial charge in [-0.1, -0.05) is 6.08 Å². The fourth-order valence-corrected chi connectivity index (χ4v) is 1.31. The van der Waals surface area contributed by atoms with Gasteiger partial charge in [0.15, 0.2) is 0 Å². The highest BCUT2D eigenvalue weighted by Crippen LogP contribution is 2.19. The number of benzene rings is 1. The molecule has 5 N–H and O–H groups in total. The van der Waals surface area contributed by atoms with Crippen molar-refractivity contribution in [1.82, 2.24) is 0 Å². The fourth-order valence-electron chi connectivity index (χ4n) is 1.31. The van der Waals surface area contributed by atoms with E-state index < -0.39 is 6.23 Å². The van der Waals surface area contributed by atoms with E-state index >= 15 is 0 Å².